The van der Waals surface area contributed by atoms with Crippen molar-refractivity contribution in [3.8, 4) is 0 Å². The number of carbonyl (C=O) groups is 1. The second kappa shape index (κ2) is 5.64. The van der Waals surface area contributed by atoms with E-state index in [1.54, 1.807) is 7.11 Å². The molecule has 1 atom stereocenters. The number of amides is 1. The van der Waals surface area contributed by atoms with Crippen molar-refractivity contribution < 1.29 is 9.53 Å². The van der Waals surface area contributed by atoms with E-state index < -0.39 is 0 Å². The smallest absolute Gasteiger partial charge is 0.240 e. The lowest BCUT2D eigenvalue weighted by Gasteiger charge is -2.38. The molecule has 0 saturated carbocycles. The average molecular weight is 228 g/mol. The molecule has 1 fully saturated rings. The summed E-state index contributed by atoms with van der Waals surface area (Å²) in [5, 5.41) is 3.11. The minimum Gasteiger partial charge on any atom is -0.383 e. The van der Waals surface area contributed by atoms with Crippen molar-refractivity contribution in [3.63, 3.8) is 0 Å². The normalized spacial score (nSPS) is 25.6. The second-order valence-corrected chi connectivity index (χ2v) is 5.03. The fourth-order valence-electron chi connectivity index (χ4n) is 2.35. The zero-order valence-electron chi connectivity index (χ0n) is 10.9. The summed E-state index contributed by atoms with van der Waals surface area (Å²) in [7, 11) is 3.53. The molecule has 1 saturated heterocycles. The zero-order chi connectivity index (χ0) is 12.2. The number of hydrogen-bond acceptors (Lipinski definition) is 3. The number of hydrogen-bond donors (Lipinski definition) is 1. The van der Waals surface area contributed by atoms with Crippen LogP contribution in [0.25, 0.3) is 0 Å². The van der Waals surface area contributed by atoms with Crippen LogP contribution in [0.2, 0.25) is 0 Å². The van der Waals surface area contributed by atoms with Crippen LogP contribution in [-0.2, 0) is 9.53 Å². The minimum atomic E-state index is -0.0544. The van der Waals surface area contributed by atoms with E-state index in [0.29, 0.717) is 13.2 Å². The predicted molar refractivity (Wildman–Crippen MR) is 64.4 cm³/mol. The van der Waals surface area contributed by atoms with Gasteiger partial charge in [-0.2, -0.15) is 0 Å². The summed E-state index contributed by atoms with van der Waals surface area (Å²) in [4.78, 5) is 14.3. The Bertz CT molecular complexity index is 241. The highest BCUT2D eigenvalue weighted by Gasteiger charge is 2.36. The van der Waals surface area contributed by atoms with Gasteiger partial charge in [0.1, 0.15) is 0 Å². The molecule has 0 aromatic rings. The summed E-state index contributed by atoms with van der Waals surface area (Å²) in [5.41, 5.74) is -0.0544. The molecule has 4 heteroatoms. The van der Waals surface area contributed by atoms with Crippen LogP contribution in [0.4, 0.5) is 0 Å². The lowest BCUT2D eigenvalue weighted by molar-refractivity contribution is -0.138. The van der Waals surface area contributed by atoms with Crippen molar-refractivity contribution in [2.24, 2.45) is 0 Å². The number of nitrogens with zero attached hydrogens (tertiary/aromatic N) is 1. The molecule has 1 unspecified atom stereocenters. The summed E-state index contributed by atoms with van der Waals surface area (Å²) in [6.07, 6.45) is 3.08. The van der Waals surface area contributed by atoms with Gasteiger partial charge in [0.15, 0.2) is 0 Å². The van der Waals surface area contributed by atoms with Gasteiger partial charge in [0, 0.05) is 19.2 Å². The molecule has 16 heavy (non-hydrogen) atoms. The first-order valence-electron chi connectivity index (χ1n) is 6.00. The molecular formula is C12H24N2O2. The molecule has 1 heterocycles. The van der Waals surface area contributed by atoms with Crippen molar-refractivity contribution in [2.75, 3.05) is 27.3 Å². The van der Waals surface area contributed by atoms with E-state index in [1.165, 1.54) is 0 Å². The van der Waals surface area contributed by atoms with E-state index in [9.17, 15) is 4.79 Å². The molecule has 1 N–H and O–H groups in total. The highest BCUT2D eigenvalue weighted by molar-refractivity contribution is 5.82. The molecule has 1 aliphatic heterocycles. The Balaban J connectivity index is 2.79. The van der Waals surface area contributed by atoms with Crippen LogP contribution in [0.5, 0.6) is 0 Å². The van der Waals surface area contributed by atoms with Gasteiger partial charge < -0.3 is 15.0 Å². The number of likely N-dealkylation sites (N-methyl/N-ethyl adjacent to an activating group) is 1. The second-order valence-electron chi connectivity index (χ2n) is 5.03. The van der Waals surface area contributed by atoms with Crippen molar-refractivity contribution in [2.45, 2.75) is 44.7 Å². The largest absolute Gasteiger partial charge is 0.383 e. The topological polar surface area (TPSA) is 41.6 Å². The summed E-state index contributed by atoms with van der Waals surface area (Å²) >= 11 is 0. The molecule has 1 aliphatic rings. The Morgan fingerprint density at radius 3 is 2.81 bits per heavy atom. The molecule has 0 bridgehead atoms. The maximum absolute atomic E-state index is 12.3. The van der Waals surface area contributed by atoms with Crippen LogP contribution in [0.3, 0.4) is 0 Å². The Morgan fingerprint density at radius 1 is 1.56 bits per heavy atom. The summed E-state index contributed by atoms with van der Waals surface area (Å²) in [5.74, 6) is 0.210. The maximum Gasteiger partial charge on any atom is 0.240 e. The molecule has 0 aromatic carbocycles. The van der Waals surface area contributed by atoms with E-state index in [1.807, 2.05) is 11.9 Å². The summed E-state index contributed by atoms with van der Waals surface area (Å²) < 4.78 is 5.08. The molecular weight excluding hydrogens is 204 g/mol. The van der Waals surface area contributed by atoms with Gasteiger partial charge in [-0.1, -0.05) is 0 Å². The number of nitrogens with one attached hydrogen (secondary N) is 1. The van der Waals surface area contributed by atoms with E-state index in [-0.39, 0.29) is 17.5 Å². The van der Waals surface area contributed by atoms with Gasteiger partial charge in [0.2, 0.25) is 5.91 Å². The van der Waals surface area contributed by atoms with Crippen LogP contribution in [0.1, 0.15) is 33.1 Å². The molecule has 1 rings (SSSR count). The molecule has 0 aliphatic carbocycles. The monoisotopic (exact) mass is 228 g/mol. The number of likely N-dealkylation sites (tertiary alicyclic amines) is 1. The lowest BCUT2D eigenvalue weighted by Crippen LogP contribution is -2.53. The first-order valence-corrected chi connectivity index (χ1v) is 6.00. The molecule has 0 radical (unpaired) electrons. The van der Waals surface area contributed by atoms with Crippen LogP contribution in [0.15, 0.2) is 0 Å². The molecule has 4 nitrogen and oxygen atoms in total. The van der Waals surface area contributed by atoms with Crippen molar-refractivity contribution in [1.29, 1.82) is 0 Å². The van der Waals surface area contributed by atoms with Gasteiger partial charge in [0.25, 0.3) is 0 Å². The quantitative estimate of drug-likeness (QED) is 0.781. The van der Waals surface area contributed by atoms with Crippen molar-refractivity contribution in [1.82, 2.24) is 10.2 Å². The fraction of sp³-hybridized carbons (Fsp3) is 0.917. The third kappa shape index (κ3) is 2.95. The minimum absolute atomic E-state index is 0.0290. The number of carbonyl (C=O) groups excluding carboxylic acids is 1. The van der Waals surface area contributed by atoms with Crippen LogP contribution >= 0.6 is 0 Å². The maximum atomic E-state index is 12.3. The molecule has 0 spiro atoms. The van der Waals surface area contributed by atoms with Gasteiger partial charge in [-0.15, -0.1) is 0 Å². The summed E-state index contributed by atoms with van der Waals surface area (Å²) in [6.45, 7) is 5.56. The fourth-order valence-corrected chi connectivity index (χ4v) is 2.35. The van der Waals surface area contributed by atoms with E-state index in [2.05, 4.69) is 19.2 Å². The van der Waals surface area contributed by atoms with Crippen LogP contribution in [-0.4, -0.2) is 49.7 Å². The first-order chi connectivity index (χ1) is 7.53. The Kier molecular flexibility index (Phi) is 4.74. The Hall–Kier alpha value is -0.610. The number of ether oxygens (including phenoxy) is 1. The van der Waals surface area contributed by atoms with Crippen LogP contribution < -0.4 is 5.32 Å². The van der Waals surface area contributed by atoms with Gasteiger partial charge in [-0.05, 0) is 40.2 Å². The summed E-state index contributed by atoms with van der Waals surface area (Å²) in [6, 6.07) is -0.0290. The van der Waals surface area contributed by atoms with Crippen molar-refractivity contribution in [3.05, 3.63) is 0 Å². The molecule has 0 aromatic heterocycles. The van der Waals surface area contributed by atoms with Gasteiger partial charge in [0.05, 0.1) is 12.6 Å². The highest BCUT2D eigenvalue weighted by atomic mass is 16.5. The standard InChI is InChI=1S/C12H24N2O2/c1-12(2)7-5-6-10(13-3)11(15)14(12)8-9-16-4/h10,13H,5-9H2,1-4H3. The third-order valence-corrected chi connectivity index (χ3v) is 3.44. The lowest BCUT2D eigenvalue weighted by atomic mass is 9.97. The average Bonchev–Trinajstić information content (AvgIpc) is 2.33. The predicted octanol–water partition coefficient (Wildman–Crippen LogP) is 1.01. The molecule has 1 amide bonds. The van der Waals surface area contributed by atoms with Gasteiger partial charge in [-0.25, -0.2) is 0 Å². The van der Waals surface area contributed by atoms with E-state index >= 15 is 0 Å². The first kappa shape index (κ1) is 13.5. The third-order valence-electron chi connectivity index (χ3n) is 3.44. The van der Waals surface area contributed by atoms with E-state index in [4.69, 9.17) is 4.74 Å². The van der Waals surface area contributed by atoms with Crippen LogP contribution in [0, 0.1) is 0 Å². The Morgan fingerprint density at radius 2 is 2.25 bits per heavy atom. The highest BCUT2D eigenvalue weighted by Crippen LogP contribution is 2.27. The Labute approximate surface area is 98.3 Å². The SMILES string of the molecule is CNC1CCCC(C)(C)N(CCOC)C1=O. The van der Waals surface area contributed by atoms with E-state index in [0.717, 1.165) is 19.3 Å². The van der Waals surface area contributed by atoms with Gasteiger partial charge in [-0.3, -0.25) is 4.79 Å². The number of rotatable bonds is 4. The number of methoxy groups -OCH3 is 1. The molecule has 94 valence electrons. The van der Waals surface area contributed by atoms with Crippen molar-refractivity contribution >= 4 is 5.91 Å². The zero-order valence-corrected chi connectivity index (χ0v) is 10.9. The van der Waals surface area contributed by atoms with Gasteiger partial charge >= 0.3 is 0 Å².